The monoisotopic (exact) mass is 187 g/mol. The van der Waals surface area contributed by atoms with Gasteiger partial charge in [-0.1, -0.05) is 0 Å². The molecule has 1 aromatic carbocycles. The third-order valence-electron chi connectivity index (χ3n) is 2.02. The number of hydrogen-bond acceptors (Lipinski definition) is 1. The smallest absolute Gasteiger partial charge is 0.161 e. The van der Waals surface area contributed by atoms with Gasteiger partial charge in [-0.2, -0.15) is 0 Å². The third kappa shape index (κ3) is 1.83. The Bertz CT molecular complexity index is 334. The van der Waals surface area contributed by atoms with Crippen LogP contribution in [0.1, 0.15) is 5.56 Å². The van der Waals surface area contributed by atoms with Crippen molar-refractivity contribution in [3.05, 3.63) is 35.1 Å². The maximum Gasteiger partial charge on any atom is 0.161 e. The molecule has 0 aromatic heterocycles. The van der Waals surface area contributed by atoms with Crippen LogP contribution in [0.4, 0.5) is 13.2 Å². The Balaban J connectivity index is 2.27. The lowest BCUT2D eigenvalue weighted by molar-refractivity contribution is 0.474. The molecule has 0 saturated carbocycles. The standard InChI is InChI=1S/C9H8F3N/c10-7-4-9(12)8(11)3-6(7)5-13-1-2-13/h3-4H,1-2,5H2. The van der Waals surface area contributed by atoms with Gasteiger partial charge in [0.2, 0.25) is 0 Å². The molecule has 0 spiro atoms. The molecule has 0 N–H and O–H groups in total. The average Bonchev–Trinajstić information content (AvgIpc) is 2.84. The first-order chi connectivity index (χ1) is 6.16. The lowest BCUT2D eigenvalue weighted by atomic mass is 10.2. The highest BCUT2D eigenvalue weighted by atomic mass is 19.2. The van der Waals surface area contributed by atoms with E-state index in [4.69, 9.17) is 0 Å². The van der Waals surface area contributed by atoms with Crippen LogP contribution in [0.25, 0.3) is 0 Å². The number of hydrogen-bond donors (Lipinski definition) is 0. The third-order valence-corrected chi connectivity index (χ3v) is 2.02. The van der Waals surface area contributed by atoms with Gasteiger partial charge in [0.05, 0.1) is 0 Å². The molecule has 0 bridgehead atoms. The van der Waals surface area contributed by atoms with E-state index in [1.807, 2.05) is 4.90 Å². The zero-order valence-corrected chi connectivity index (χ0v) is 6.86. The molecular formula is C9H8F3N. The summed E-state index contributed by atoms with van der Waals surface area (Å²) in [4.78, 5) is 1.93. The van der Waals surface area contributed by atoms with Crippen LogP contribution in [0.3, 0.4) is 0 Å². The summed E-state index contributed by atoms with van der Waals surface area (Å²) >= 11 is 0. The molecule has 1 nitrogen and oxygen atoms in total. The minimum atomic E-state index is -1.13. The molecule has 0 atom stereocenters. The summed E-state index contributed by atoms with van der Waals surface area (Å²) < 4.78 is 38.1. The van der Waals surface area contributed by atoms with Gasteiger partial charge >= 0.3 is 0 Å². The summed E-state index contributed by atoms with van der Waals surface area (Å²) in [7, 11) is 0. The molecule has 1 heterocycles. The average molecular weight is 187 g/mol. The Morgan fingerprint density at radius 3 is 2.23 bits per heavy atom. The molecule has 0 unspecified atom stereocenters. The molecule has 1 aromatic rings. The van der Waals surface area contributed by atoms with E-state index in [9.17, 15) is 13.2 Å². The van der Waals surface area contributed by atoms with E-state index < -0.39 is 17.5 Å². The Kier molecular flexibility index (Phi) is 2.00. The van der Waals surface area contributed by atoms with Crippen LogP contribution in [0, 0.1) is 17.5 Å². The Morgan fingerprint density at radius 1 is 1.00 bits per heavy atom. The Morgan fingerprint density at radius 2 is 1.62 bits per heavy atom. The van der Waals surface area contributed by atoms with Crippen molar-refractivity contribution in [1.82, 2.24) is 4.90 Å². The van der Waals surface area contributed by atoms with Gasteiger partial charge in [-0.3, -0.25) is 4.90 Å². The van der Waals surface area contributed by atoms with Crippen LogP contribution >= 0.6 is 0 Å². The first-order valence-corrected chi connectivity index (χ1v) is 4.02. The minimum Gasteiger partial charge on any atom is -0.296 e. The predicted molar refractivity (Wildman–Crippen MR) is 41.6 cm³/mol. The largest absolute Gasteiger partial charge is 0.296 e. The van der Waals surface area contributed by atoms with Gasteiger partial charge in [-0.25, -0.2) is 13.2 Å². The van der Waals surface area contributed by atoms with Crippen molar-refractivity contribution in [2.75, 3.05) is 13.1 Å². The SMILES string of the molecule is Fc1cc(F)c(CN2CC2)cc1F. The normalized spacial score (nSPS) is 16.2. The molecule has 0 amide bonds. The van der Waals surface area contributed by atoms with E-state index in [2.05, 4.69) is 0 Å². The summed E-state index contributed by atoms with van der Waals surface area (Å²) in [6, 6.07) is 1.51. The molecule has 70 valence electrons. The summed E-state index contributed by atoms with van der Waals surface area (Å²) in [5.74, 6) is -2.80. The maximum atomic E-state index is 13.0. The van der Waals surface area contributed by atoms with Crippen molar-refractivity contribution < 1.29 is 13.2 Å². The fraction of sp³-hybridized carbons (Fsp3) is 0.333. The summed E-state index contributed by atoms with van der Waals surface area (Å²) in [5, 5.41) is 0. The van der Waals surface area contributed by atoms with E-state index in [0.29, 0.717) is 12.6 Å². The zero-order valence-electron chi connectivity index (χ0n) is 6.86. The van der Waals surface area contributed by atoms with Crippen molar-refractivity contribution in [1.29, 1.82) is 0 Å². The second-order valence-electron chi connectivity index (χ2n) is 3.13. The molecular weight excluding hydrogens is 179 g/mol. The number of rotatable bonds is 2. The van der Waals surface area contributed by atoms with Crippen LogP contribution in [0.15, 0.2) is 12.1 Å². The van der Waals surface area contributed by atoms with Gasteiger partial charge in [0.25, 0.3) is 0 Å². The van der Waals surface area contributed by atoms with Crippen LogP contribution in [-0.4, -0.2) is 18.0 Å². The van der Waals surface area contributed by atoms with E-state index in [1.54, 1.807) is 0 Å². The lowest BCUT2D eigenvalue weighted by Crippen LogP contribution is -2.01. The van der Waals surface area contributed by atoms with Crippen LogP contribution in [0.5, 0.6) is 0 Å². The van der Waals surface area contributed by atoms with Crippen LogP contribution < -0.4 is 0 Å². The summed E-state index contributed by atoms with van der Waals surface area (Å²) in [6.07, 6.45) is 0. The van der Waals surface area contributed by atoms with Crippen LogP contribution in [0.2, 0.25) is 0 Å². The van der Waals surface area contributed by atoms with Crippen molar-refractivity contribution in [3.63, 3.8) is 0 Å². The number of halogens is 3. The molecule has 0 aliphatic carbocycles. The first kappa shape index (κ1) is 8.56. The van der Waals surface area contributed by atoms with E-state index in [-0.39, 0.29) is 5.56 Å². The van der Waals surface area contributed by atoms with Gasteiger partial charge < -0.3 is 0 Å². The molecule has 1 fully saturated rings. The Labute approximate surface area is 73.8 Å². The van der Waals surface area contributed by atoms with Gasteiger partial charge in [-0.05, 0) is 6.07 Å². The molecule has 0 radical (unpaired) electrons. The van der Waals surface area contributed by atoms with Crippen molar-refractivity contribution in [2.24, 2.45) is 0 Å². The van der Waals surface area contributed by atoms with Crippen LogP contribution in [-0.2, 0) is 6.54 Å². The molecule has 1 saturated heterocycles. The Hall–Kier alpha value is -1.03. The topological polar surface area (TPSA) is 3.01 Å². The highest BCUT2D eigenvalue weighted by Crippen LogP contribution is 2.18. The highest BCUT2D eigenvalue weighted by molar-refractivity contribution is 5.20. The summed E-state index contributed by atoms with van der Waals surface area (Å²) in [5.41, 5.74) is 0.219. The van der Waals surface area contributed by atoms with Crippen molar-refractivity contribution in [3.8, 4) is 0 Å². The van der Waals surface area contributed by atoms with Crippen molar-refractivity contribution in [2.45, 2.75) is 6.54 Å². The first-order valence-electron chi connectivity index (χ1n) is 4.02. The van der Waals surface area contributed by atoms with E-state index >= 15 is 0 Å². The summed E-state index contributed by atoms with van der Waals surface area (Å²) in [6.45, 7) is 2.17. The molecule has 1 aliphatic heterocycles. The second-order valence-corrected chi connectivity index (χ2v) is 3.13. The lowest BCUT2D eigenvalue weighted by Gasteiger charge is -2.03. The highest BCUT2D eigenvalue weighted by Gasteiger charge is 2.20. The van der Waals surface area contributed by atoms with E-state index in [1.165, 1.54) is 0 Å². The van der Waals surface area contributed by atoms with Gasteiger partial charge in [0.15, 0.2) is 11.6 Å². The fourth-order valence-corrected chi connectivity index (χ4v) is 1.15. The molecule has 1 aliphatic rings. The quantitative estimate of drug-likeness (QED) is 0.505. The second kappa shape index (κ2) is 3.03. The predicted octanol–water partition coefficient (Wildman–Crippen LogP) is 1.92. The molecule has 2 rings (SSSR count). The number of benzene rings is 1. The number of nitrogens with zero attached hydrogens (tertiary/aromatic N) is 1. The minimum absolute atomic E-state index is 0.219. The maximum absolute atomic E-state index is 13.0. The van der Waals surface area contributed by atoms with Gasteiger partial charge in [-0.15, -0.1) is 0 Å². The zero-order chi connectivity index (χ0) is 9.42. The fourth-order valence-electron chi connectivity index (χ4n) is 1.15. The molecule has 4 heteroatoms. The van der Waals surface area contributed by atoms with E-state index in [0.717, 1.165) is 19.2 Å². The van der Waals surface area contributed by atoms with Gasteiger partial charge in [0.1, 0.15) is 5.82 Å². The van der Waals surface area contributed by atoms with Gasteiger partial charge in [0, 0.05) is 31.3 Å². The molecule has 13 heavy (non-hydrogen) atoms. The van der Waals surface area contributed by atoms with Crippen molar-refractivity contribution >= 4 is 0 Å².